The maximum absolute atomic E-state index is 12.3. The highest BCUT2D eigenvalue weighted by atomic mass is 32.2. The molecule has 0 aliphatic heterocycles. The van der Waals surface area contributed by atoms with Crippen LogP contribution < -0.4 is 11.2 Å². The largest absolute Gasteiger partial charge is 0.335 e. The molecule has 9 heteroatoms. The Labute approximate surface area is 177 Å². The Morgan fingerprint density at radius 1 is 1.10 bits per heavy atom. The van der Waals surface area contributed by atoms with Crippen LogP contribution in [-0.2, 0) is 4.79 Å². The Balaban J connectivity index is 1.42. The molecule has 0 spiro atoms. The lowest BCUT2D eigenvalue weighted by molar-refractivity contribution is -0.113. The van der Waals surface area contributed by atoms with Gasteiger partial charge in [-0.1, -0.05) is 48.2 Å². The monoisotopic (exact) mass is 419 g/mol. The molecule has 4 N–H and O–H groups in total. The van der Waals surface area contributed by atoms with E-state index in [1.807, 2.05) is 68.4 Å². The SMILES string of the molecule is Cc1ccc(NC(=O)CSc2nnc(-c3cc(-c4ccccc4)n[nH]3)n2N)cc1C. The minimum absolute atomic E-state index is 0.138. The second-order valence-electron chi connectivity index (χ2n) is 6.84. The molecule has 0 fully saturated rings. The predicted octanol–water partition coefficient (Wildman–Crippen LogP) is 3.40. The number of amides is 1. The highest BCUT2D eigenvalue weighted by Gasteiger charge is 2.16. The van der Waals surface area contributed by atoms with Gasteiger partial charge in [-0.15, -0.1) is 10.2 Å². The number of nitrogens with zero attached hydrogens (tertiary/aromatic N) is 4. The number of nitrogen functional groups attached to an aromatic ring is 1. The summed E-state index contributed by atoms with van der Waals surface area (Å²) in [6.07, 6.45) is 0. The molecule has 0 bridgehead atoms. The van der Waals surface area contributed by atoms with Crippen LogP contribution in [0.1, 0.15) is 11.1 Å². The van der Waals surface area contributed by atoms with E-state index >= 15 is 0 Å². The first kappa shape index (κ1) is 19.7. The van der Waals surface area contributed by atoms with Crippen molar-refractivity contribution in [1.82, 2.24) is 25.1 Å². The van der Waals surface area contributed by atoms with Crippen LogP contribution >= 0.6 is 11.8 Å². The summed E-state index contributed by atoms with van der Waals surface area (Å²) in [6.45, 7) is 4.04. The van der Waals surface area contributed by atoms with Crippen molar-refractivity contribution >= 4 is 23.4 Å². The van der Waals surface area contributed by atoms with E-state index in [4.69, 9.17) is 5.84 Å². The fourth-order valence-electron chi connectivity index (χ4n) is 2.90. The number of carbonyl (C=O) groups is 1. The molecule has 152 valence electrons. The summed E-state index contributed by atoms with van der Waals surface area (Å²) >= 11 is 1.22. The van der Waals surface area contributed by atoms with Crippen molar-refractivity contribution in [2.75, 3.05) is 16.9 Å². The van der Waals surface area contributed by atoms with Crippen molar-refractivity contribution in [1.29, 1.82) is 0 Å². The van der Waals surface area contributed by atoms with E-state index in [0.717, 1.165) is 22.5 Å². The third kappa shape index (κ3) is 4.20. The Hall–Kier alpha value is -3.59. The number of hydrogen-bond donors (Lipinski definition) is 3. The van der Waals surface area contributed by atoms with Crippen molar-refractivity contribution in [3.63, 3.8) is 0 Å². The summed E-state index contributed by atoms with van der Waals surface area (Å²) in [7, 11) is 0. The molecule has 0 saturated carbocycles. The van der Waals surface area contributed by atoms with Gasteiger partial charge in [0, 0.05) is 11.3 Å². The first-order chi connectivity index (χ1) is 14.5. The van der Waals surface area contributed by atoms with E-state index in [0.29, 0.717) is 16.7 Å². The molecular weight excluding hydrogens is 398 g/mol. The van der Waals surface area contributed by atoms with Gasteiger partial charge in [0.1, 0.15) is 5.69 Å². The number of nitrogens with two attached hydrogens (primary N) is 1. The van der Waals surface area contributed by atoms with E-state index in [-0.39, 0.29) is 11.7 Å². The molecule has 0 radical (unpaired) electrons. The minimum atomic E-state index is -0.138. The lowest BCUT2D eigenvalue weighted by Gasteiger charge is -2.07. The zero-order chi connectivity index (χ0) is 21.1. The van der Waals surface area contributed by atoms with Crippen LogP contribution in [-0.4, -0.2) is 36.7 Å². The zero-order valence-electron chi connectivity index (χ0n) is 16.6. The van der Waals surface area contributed by atoms with Crippen LogP contribution in [0.15, 0.2) is 59.8 Å². The van der Waals surface area contributed by atoms with Gasteiger partial charge in [-0.25, -0.2) is 4.68 Å². The van der Waals surface area contributed by atoms with Gasteiger partial charge in [-0.2, -0.15) is 5.10 Å². The minimum Gasteiger partial charge on any atom is -0.335 e. The molecule has 0 saturated heterocycles. The van der Waals surface area contributed by atoms with Crippen molar-refractivity contribution in [2.45, 2.75) is 19.0 Å². The summed E-state index contributed by atoms with van der Waals surface area (Å²) < 4.78 is 1.36. The number of rotatable bonds is 6. The van der Waals surface area contributed by atoms with Crippen LogP contribution in [0.4, 0.5) is 5.69 Å². The van der Waals surface area contributed by atoms with Gasteiger partial charge in [0.2, 0.25) is 16.9 Å². The summed E-state index contributed by atoms with van der Waals surface area (Å²) in [5, 5.41) is 18.8. The fourth-order valence-corrected chi connectivity index (χ4v) is 3.56. The van der Waals surface area contributed by atoms with E-state index in [1.165, 1.54) is 22.0 Å². The highest BCUT2D eigenvalue weighted by molar-refractivity contribution is 7.99. The zero-order valence-corrected chi connectivity index (χ0v) is 17.4. The van der Waals surface area contributed by atoms with E-state index in [9.17, 15) is 4.79 Å². The molecule has 2 heterocycles. The number of H-pyrrole nitrogens is 1. The molecule has 2 aromatic heterocycles. The first-order valence-electron chi connectivity index (χ1n) is 9.33. The number of aryl methyl sites for hydroxylation is 2. The lowest BCUT2D eigenvalue weighted by Crippen LogP contribution is -2.16. The average molecular weight is 420 g/mol. The third-order valence-corrected chi connectivity index (χ3v) is 5.62. The van der Waals surface area contributed by atoms with Gasteiger partial charge in [0.05, 0.1) is 11.4 Å². The third-order valence-electron chi connectivity index (χ3n) is 4.68. The van der Waals surface area contributed by atoms with Crippen LogP contribution in [0.25, 0.3) is 22.8 Å². The highest BCUT2D eigenvalue weighted by Crippen LogP contribution is 2.24. The number of aromatic nitrogens is 5. The number of benzene rings is 2. The Kier molecular flexibility index (Phi) is 5.53. The maximum atomic E-state index is 12.3. The molecule has 0 aliphatic carbocycles. The number of anilines is 1. The summed E-state index contributed by atoms with van der Waals surface area (Å²) in [5.41, 5.74) is 5.50. The predicted molar refractivity (Wildman–Crippen MR) is 118 cm³/mol. The van der Waals surface area contributed by atoms with Crippen LogP contribution in [0, 0.1) is 13.8 Å². The van der Waals surface area contributed by atoms with Gasteiger partial charge in [-0.3, -0.25) is 9.89 Å². The van der Waals surface area contributed by atoms with Crippen LogP contribution in [0.5, 0.6) is 0 Å². The molecule has 4 rings (SSSR count). The van der Waals surface area contributed by atoms with E-state index in [1.54, 1.807) is 0 Å². The normalized spacial score (nSPS) is 10.9. The Bertz CT molecular complexity index is 1180. The summed E-state index contributed by atoms with van der Waals surface area (Å²) in [6, 6.07) is 17.5. The van der Waals surface area contributed by atoms with Crippen molar-refractivity contribution in [3.8, 4) is 22.8 Å². The molecule has 8 nitrogen and oxygen atoms in total. The standard InChI is InChI=1S/C21H21N7OS/c1-13-8-9-16(10-14(13)2)23-19(29)12-30-21-27-26-20(28(21)22)18-11-17(24-25-18)15-6-4-3-5-7-15/h3-11H,12,22H2,1-2H3,(H,23,29)(H,24,25). The molecule has 30 heavy (non-hydrogen) atoms. The Morgan fingerprint density at radius 2 is 1.90 bits per heavy atom. The topological polar surface area (TPSA) is 115 Å². The van der Waals surface area contributed by atoms with Gasteiger partial charge in [-0.05, 0) is 43.2 Å². The number of aromatic amines is 1. The molecule has 0 atom stereocenters. The molecule has 2 aromatic carbocycles. The smallest absolute Gasteiger partial charge is 0.234 e. The lowest BCUT2D eigenvalue weighted by atomic mass is 10.1. The van der Waals surface area contributed by atoms with E-state index in [2.05, 4.69) is 25.7 Å². The average Bonchev–Trinajstić information content (AvgIpc) is 3.37. The number of hydrogen-bond acceptors (Lipinski definition) is 6. The fraction of sp³-hybridized carbons (Fsp3) is 0.143. The number of carbonyl (C=O) groups excluding carboxylic acids is 1. The van der Waals surface area contributed by atoms with Gasteiger partial charge >= 0.3 is 0 Å². The molecule has 0 aliphatic rings. The van der Waals surface area contributed by atoms with Crippen LogP contribution in [0.3, 0.4) is 0 Å². The van der Waals surface area contributed by atoms with Gasteiger partial charge in [0.15, 0.2) is 0 Å². The molecule has 4 aromatic rings. The van der Waals surface area contributed by atoms with Crippen molar-refractivity contribution in [3.05, 3.63) is 65.7 Å². The Morgan fingerprint density at radius 3 is 2.67 bits per heavy atom. The van der Waals surface area contributed by atoms with Gasteiger partial charge in [0.25, 0.3) is 0 Å². The second kappa shape index (κ2) is 8.42. The van der Waals surface area contributed by atoms with Crippen molar-refractivity contribution < 1.29 is 4.79 Å². The summed E-state index contributed by atoms with van der Waals surface area (Å²) in [5.74, 6) is 6.62. The van der Waals surface area contributed by atoms with E-state index < -0.39 is 0 Å². The van der Waals surface area contributed by atoms with Gasteiger partial charge < -0.3 is 11.2 Å². The van der Waals surface area contributed by atoms with Crippen LogP contribution in [0.2, 0.25) is 0 Å². The number of nitrogens with one attached hydrogen (secondary N) is 2. The van der Waals surface area contributed by atoms with Crippen molar-refractivity contribution in [2.24, 2.45) is 0 Å². The second-order valence-corrected chi connectivity index (χ2v) is 7.79. The first-order valence-corrected chi connectivity index (χ1v) is 10.3. The number of thioether (sulfide) groups is 1. The molecule has 1 amide bonds. The quantitative estimate of drug-likeness (QED) is 0.326. The molecule has 0 unspecified atom stereocenters. The maximum Gasteiger partial charge on any atom is 0.234 e. The summed E-state index contributed by atoms with van der Waals surface area (Å²) in [4.78, 5) is 12.3. The molecular formula is C21H21N7OS.